The third-order valence-corrected chi connectivity index (χ3v) is 2.85. The van der Waals surface area contributed by atoms with Gasteiger partial charge in [0.15, 0.2) is 0 Å². The topological polar surface area (TPSA) is 51.2 Å². The van der Waals surface area contributed by atoms with Gasteiger partial charge in [-0.15, -0.1) is 0 Å². The summed E-state index contributed by atoms with van der Waals surface area (Å²) < 4.78 is 5.01. The smallest absolute Gasteiger partial charge is 0.255 e. The number of carbonyl (C=O) groups is 1. The van der Waals surface area contributed by atoms with Gasteiger partial charge in [0, 0.05) is 23.5 Å². The Morgan fingerprint density at radius 1 is 1.32 bits per heavy atom. The van der Waals surface area contributed by atoms with Gasteiger partial charge < -0.3 is 10.1 Å². The molecule has 0 bridgehead atoms. The summed E-state index contributed by atoms with van der Waals surface area (Å²) in [4.78, 5) is 16.1. The number of para-hydroxylation sites is 1. The van der Waals surface area contributed by atoms with Crippen molar-refractivity contribution >= 4 is 11.6 Å². The highest BCUT2D eigenvalue weighted by Crippen LogP contribution is 2.17. The molecule has 0 aliphatic rings. The Morgan fingerprint density at radius 2 is 2.11 bits per heavy atom. The predicted molar refractivity (Wildman–Crippen MR) is 74.6 cm³/mol. The van der Waals surface area contributed by atoms with E-state index in [-0.39, 0.29) is 5.91 Å². The summed E-state index contributed by atoms with van der Waals surface area (Å²) in [5, 5.41) is 2.91. The third-order valence-electron chi connectivity index (χ3n) is 2.85. The number of aryl methyl sites for hydroxylation is 1. The maximum absolute atomic E-state index is 12.2. The minimum atomic E-state index is -0.165. The van der Waals surface area contributed by atoms with Gasteiger partial charge in [-0.05, 0) is 24.1 Å². The highest BCUT2D eigenvalue weighted by atomic mass is 16.5. The van der Waals surface area contributed by atoms with E-state index in [2.05, 4.69) is 17.2 Å². The highest BCUT2D eigenvalue weighted by molar-refractivity contribution is 6.04. The maximum atomic E-state index is 12.2. The second-order valence-electron chi connectivity index (χ2n) is 4.05. The fourth-order valence-electron chi connectivity index (χ4n) is 1.81. The Hall–Kier alpha value is -2.36. The van der Waals surface area contributed by atoms with Crippen molar-refractivity contribution in [1.29, 1.82) is 0 Å². The second kappa shape index (κ2) is 6.00. The Balaban J connectivity index is 2.20. The standard InChI is InChI=1S/C15H16N2O2/c1-3-11-6-4-5-7-13(11)17-15(18)12-8-9-16-14(10-12)19-2/h4-10H,3H2,1-2H3,(H,17,18). The highest BCUT2D eigenvalue weighted by Gasteiger charge is 2.09. The largest absolute Gasteiger partial charge is 0.481 e. The van der Waals surface area contributed by atoms with E-state index in [1.165, 1.54) is 7.11 Å². The van der Waals surface area contributed by atoms with Crippen molar-refractivity contribution in [2.75, 3.05) is 12.4 Å². The van der Waals surface area contributed by atoms with Crippen molar-refractivity contribution in [3.63, 3.8) is 0 Å². The first-order valence-electron chi connectivity index (χ1n) is 6.14. The molecule has 4 nitrogen and oxygen atoms in total. The Labute approximate surface area is 112 Å². The molecule has 0 unspecified atom stereocenters. The van der Waals surface area contributed by atoms with E-state index >= 15 is 0 Å². The molecule has 1 N–H and O–H groups in total. The minimum absolute atomic E-state index is 0.165. The van der Waals surface area contributed by atoms with E-state index in [4.69, 9.17) is 4.74 Å². The number of hydrogen-bond acceptors (Lipinski definition) is 3. The zero-order chi connectivity index (χ0) is 13.7. The van der Waals surface area contributed by atoms with E-state index in [9.17, 15) is 4.79 Å². The number of methoxy groups -OCH3 is 1. The van der Waals surface area contributed by atoms with Crippen LogP contribution in [-0.4, -0.2) is 18.0 Å². The molecule has 0 atom stereocenters. The second-order valence-corrected chi connectivity index (χ2v) is 4.05. The molecule has 1 amide bonds. The summed E-state index contributed by atoms with van der Waals surface area (Å²) in [5.41, 5.74) is 2.47. The van der Waals surface area contributed by atoms with Gasteiger partial charge in [-0.1, -0.05) is 25.1 Å². The van der Waals surface area contributed by atoms with Crippen LogP contribution in [0.1, 0.15) is 22.8 Å². The molecule has 1 aromatic carbocycles. The van der Waals surface area contributed by atoms with Gasteiger partial charge in [-0.2, -0.15) is 0 Å². The number of anilines is 1. The molecule has 0 aliphatic heterocycles. The monoisotopic (exact) mass is 256 g/mol. The van der Waals surface area contributed by atoms with Crippen LogP contribution in [-0.2, 0) is 6.42 Å². The molecule has 0 saturated heterocycles. The number of pyridine rings is 1. The van der Waals surface area contributed by atoms with Crippen molar-refractivity contribution < 1.29 is 9.53 Å². The van der Waals surface area contributed by atoms with Crippen molar-refractivity contribution in [2.24, 2.45) is 0 Å². The van der Waals surface area contributed by atoms with Gasteiger partial charge in [0.05, 0.1) is 7.11 Å². The lowest BCUT2D eigenvalue weighted by Gasteiger charge is -2.10. The van der Waals surface area contributed by atoms with Gasteiger partial charge in [0.2, 0.25) is 5.88 Å². The van der Waals surface area contributed by atoms with E-state index < -0.39 is 0 Å². The molecule has 1 aromatic heterocycles. The number of aromatic nitrogens is 1. The van der Waals surface area contributed by atoms with Gasteiger partial charge in [0.25, 0.3) is 5.91 Å². The molecule has 0 aliphatic carbocycles. The molecular formula is C15H16N2O2. The molecule has 19 heavy (non-hydrogen) atoms. The summed E-state index contributed by atoms with van der Waals surface area (Å²) in [6, 6.07) is 11.0. The summed E-state index contributed by atoms with van der Waals surface area (Å²) in [6.45, 7) is 2.06. The van der Waals surface area contributed by atoms with Crippen LogP contribution in [0.4, 0.5) is 5.69 Å². The number of ether oxygens (including phenoxy) is 1. The lowest BCUT2D eigenvalue weighted by atomic mass is 10.1. The number of amides is 1. The Bertz CT molecular complexity index is 582. The molecule has 0 spiro atoms. The number of hydrogen-bond donors (Lipinski definition) is 1. The number of nitrogens with zero attached hydrogens (tertiary/aromatic N) is 1. The fourth-order valence-corrected chi connectivity index (χ4v) is 1.81. The lowest BCUT2D eigenvalue weighted by Crippen LogP contribution is -2.13. The molecule has 0 saturated carbocycles. The van der Waals surface area contributed by atoms with Gasteiger partial charge in [-0.3, -0.25) is 4.79 Å². The average Bonchev–Trinajstić information content (AvgIpc) is 2.47. The quantitative estimate of drug-likeness (QED) is 0.915. The normalized spacial score (nSPS) is 10.0. The van der Waals surface area contributed by atoms with E-state index in [1.807, 2.05) is 24.3 Å². The lowest BCUT2D eigenvalue weighted by molar-refractivity contribution is 0.102. The summed E-state index contributed by atoms with van der Waals surface area (Å²) in [7, 11) is 1.52. The number of benzene rings is 1. The molecule has 1 heterocycles. The first-order chi connectivity index (χ1) is 9.24. The zero-order valence-corrected chi connectivity index (χ0v) is 11.0. The summed E-state index contributed by atoms with van der Waals surface area (Å²) in [6.07, 6.45) is 2.43. The van der Waals surface area contributed by atoms with E-state index in [1.54, 1.807) is 18.3 Å². The van der Waals surface area contributed by atoms with Crippen molar-refractivity contribution in [1.82, 2.24) is 4.98 Å². The summed E-state index contributed by atoms with van der Waals surface area (Å²) in [5.74, 6) is 0.262. The molecule has 2 aromatic rings. The molecule has 0 radical (unpaired) electrons. The van der Waals surface area contributed by atoms with Crippen LogP contribution in [0, 0.1) is 0 Å². The zero-order valence-electron chi connectivity index (χ0n) is 11.0. The van der Waals surface area contributed by atoms with E-state index in [0.717, 1.165) is 17.7 Å². The fraction of sp³-hybridized carbons (Fsp3) is 0.200. The number of nitrogens with one attached hydrogen (secondary N) is 1. The van der Waals surface area contributed by atoms with Crippen LogP contribution in [0.3, 0.4) is 0 Å². The van der Waals surface area contributed by atoms with Crippen LogP contribution in [0.2, 0.25) is 0 Å². The van der Waals surface area contributed by atoms with Crippen LogP contribution in [0.25, 0.3) is 0 Å². The number of carbonyl (C=O) groups excluding carboxylic acids is 1. The van der Waals surface area contributed by atoms with Crippen molar-refractivity contribution in [3.05, 3.63) is 53.7 Å². The van der Waals surface area contributed by atoms with Crippen LogP contribution >= 0.6 is 0 Å². The SMILES string of the molecule is CCc1ccccc1NC(=O)c1ccnc(OC)c1. The van der Waals surface area contributed by atoms with Crippen molar-refractivity contribution in [3.8, 4) is 5.88 Å². The van der Waals surface area contributed by atoms with Crippen LogP contribution < -0.4 is 10.1 Å². The van der Waals surface area contributed by atoms with E-state index in [0.29, 0.717) is 11.4 Å². The Kier molecular flexibility index (Phi) is 4.13. The number of rotatable bonds is 4. The van der Waals surface area contributed by atoms with Gasteiger partial charge >= 0.3 is 0 Å². The summed E-state index contributed by atoms with van der Waals surface area (Å²) >= 11 is 0. The minimum Gasteiger partial charge on any atom is -0.481 e. The van der Waals surface area contributed by atoms with Gasteiger partial charge in [-0.25, -0.2) is 4.98 Å². The average molecular weight is 256 g/mol. The first-order valence-corrected chi connectivity index (χ1v) is 6.14. The third kappa shape index (κ3) is 3.10. The molecule has 98 valence electrons. The first kappa shape index (κ1) is 13.1. The molecule has 2 rings (SSSR count). The molecule has 0 fully saturated rings. The van der Waals surface area contributed by atoms with Crippen molar-refractivity contribution in [2.45, 2.75) is 13.3 Å². The predicted octanol–water partition coefficient (Wildman–Crippen LogP) is 2.90. The molecular weight excluding hydrogens is 240 g/mol. The van der Waals surface area contributed by atoms with Crippen LogP contribution in [0.5, 0.6) is 5.88 Å². The Morgan fingerprint density at radius 3 is 2.84 bits per heavy atom. The molecule has 4 heteroatoms. The van der Waals surface area contributed by atoms with Crippen LogP contribution in [0.15, 0.2) is 42.6 Å². The van der Waals surface area contributed by atoms with Gasteiger partial charge in [0.1, 0.15) is 0 Å². The maximum Gasteiger partial charge on any atom is 0.255 e.